The summed E-state index contributed by atoms with van der Waals surface area (Å²) in [6.45, 7) is 1.07. The van der Waals surface area contributed by atoms with Gasteiger partial charge >= 0.3 is 30.5 Å². The molecule has 13 heteroatoms. The fraction of sp³-hybridized carbons (Fsp3) is 0.263. The zero-order valence-electron chi connectivity index (χ0n) is 15.7. The highest BCUT2D eigenvalue weighted by atomic mass is 19.4. The smallest absolute Gasteiger partial charge is 0.420 e. The van der Waals surface area contributed by atoms with Crippen molar-refractivity contribution in [3.63, 3.8) is 0 Å². The summed E-state index contributed by atoms with van der Waals surface area (Å²) in [7, 11) is 0. The average molecular weight is 474 g/mol. The lowest BCUT2D eigenvalue weighted by molar-refractivity contribution is -0.163. The lowest BCUT2D eigenvalue weighted by atomic mass is 10.1. The number of carbonyl (C=O) groups is 2. The SMILES string of the molecule is Cc1cccc(OC(=O)CC(=O)Oc2cccc(C(F)(F)F)c2C(F)(F)F)c1C(F)(F)F. The van der Waals surface area contributed by atoms with Crippen molar-refractivity contribution in [2.45, 2.75) is 31.9 Å². The number of aryl methyl sites for hydroxylation is 1. The second-order valence-corrected chi connectivity index (χ2v) is 6.24. The molecule has 0 amide bonds. The van der Waals surface area contributed by atoms with Crippen molar-refractivity contribution in [1.29, 1.82) is 0 Å². The molecule has 0 aliphatic rings. The van der Waals surface area contributed by atoms with Gasteiger partial charge in [0.2, 0.25) is 0 Å². The van der Waals surface area contributed by atoms with Crippen LogP contribution in [0.15, 0.2) is 36.4 Å². The van der Waals surface area contributed by atoms with Crippen molar-refractivity contribution in [3.05, 3.63) is 58.7 Å². The van der Waals surface area contributed by atoms with Gasteiger partial charge in [-0.3, -0.25) is 9.59 Å². The first-order chi connectivity index (χ1) is 14.5. The van der Waals surface area contributed by atoms with Crippen LogP contribution in [-0.2, 0) is 28.1 Å². The minimum atomic E-state index is -5.58. The number of ether oxygens (including phenoxy) is 2. The predicted molar refractivity (Wildman–Crippen MR) is 88.5 cm³/mol. The summed E-state index contributed by atoms with van der Waals surface area (Å²) in [4.78, 5) is 23.6. The summed E-state index contributed by atoms with van der Waals surface area (Å²) in [6.07, 6.45) is -17.4. The minimum Gasteiger partial charge on any atom is -0.425 e. The maximum atomic E-state index is 13.1. The lowest BCUT2D eigenvalue weighted by Gasteiger charge is -2.18. The average Bonchev–Trinajstić information content (AvgIpc) is 2.58. The van der Waals surface area contributed by atoms with Crippen molar-refractivity contribution in [1.82, 2.24) is 0 Å². The van der Waals surface area contributed by atoms with E-state index in [2.05, 4.69) is 9.47 Å². The second-order valence-electron chi connectivity index (χ2n) is 6.24. The van der Waals surface area contributed by atoms with Crippen LogP contribution in [0.5, 0.6) is 11.5 Å². The van der Waals surface area contributed by atoms with Crippen LogP contribution in [0.25, 0.3) is 0 Å². The Morgan fingerprint density at radius 1 is 0.688 bits per heavy atom. The van der Waals surface area contributed by atoms with Gasteiger partial charge in [-0.15, -0.1) is 0 Å². The Labute approximate surface area is 173 Å². The summed E-state index contributed by atoms with van der Waals surface area (Å²) in [5.74, 6) is -5.91. The minimum absolute atomic E-state index is 0.116. The highest BCUT2D eigenvalue weighted by Crippen LogP contribution is 2.45. The molecule has 0 N–H and O–H groups in total. The van der Waals surface area contributed by atoms with Gasteiger partial charge in [-0.05, 0) is 30.7 Å². The maximum absolute atomic E-state index is 13.1. The van der Waals surface area contributed by atoms with Crippen LogP contribution in [0.2, 0.25) is 0 Å². The van der Waals surface area contributed by atoms with E-state index in [-0.39, 0.29) is 11.6 Å². The standard InChI is InChI=1S/C19H11F9O4/c1-9-4-2-6-11(15(9)18(23,24)25)31-13(29)8-14(30)32-12-7-3-5-10(17(20,21)22)16(12)19(26,27)28/h2-7H,8H2,1H3. The van der Waals surface area contributed by atoms with Gasteiger partial charge in [0.25, 0.3) is 0 Å². The third-order valence-corrected chi connectivity index (χ3v) is 3.87. The molecule has 0 aliphatic carbocycles. The van der Waals surface area contributed by atoms with E-state index in [9.17, 15) is 49.1 Å². The molecule has 0 fully saturated rings. The van der Waals surface area contributed by atoms with E-state index >= 15 is 0 Å². The van der Waals surface area contributed by atoms with Crippen LogP contribution in [0.4, 0.5) is 39.5 Å². The first kappa shape index (κ1) is 25.0. The van der Waals surface area contributed by atoms with Crippen molar-refractivity contribution in [2.75, 3.05) is 0 Å². The molecule has 0 saturated heterocycles. The molecule has 174 valence electrons. The van der Waals surface area contributed by atoms with E-state index < -0.39 is 65.1 Å². The van der Waals surface area contributed by atoms with Gasteiger partial charge in [-0.1, -0.05) is 18.2 Å². The number of esters is 2. The second kappa shape index (κ2) is 8.71. The first-order valence-electron chi connectivity index (χ1n) is 8.37. The Bertz CT molecular complexity index is 1020. The zero-order valence-corrected chi connectivity index (χ0v) is 15.7. The van der Waals surface area contributed by atoms with Crippen molar-refractivity contribution >= 4 is 11.9 Å². The molecule has 2 rings (SSSR count). The van der Waals surface area contributed by atoms with E-state index in [1.54, 1.807) is 0 Å². The molecule has 0 radical (unpaired) electrons. The van der Waals surface area contributed by atoms with Gasteiger partial charge in [0.1, 0.15) is 29.0 Å². The third kappa shape index (κ3) is 5.92. The van der Waals surface area contributed by atoms with Gasteiger partial charge in [0.15, 0.2) is 0 Å². The largest absolute Gasteiger partial charge is 0.425 e. The highest BCUT2D eigenvalue weighted by Gasteiger charge is 2.46. The van der Waals surface area contributed by atoms with Gasteiger partial charge in [0.05, 0.1) is 5.56 Å². The molecule has 2 aromatic rings. The fourth-order valence-corrected chi connectivity index (χ4v) is 2.67. The molecular weight excluding hydrogens is 463 g/mol. The fourth-order valence-electron chi connectivity index (χ4n) is 2.67. The van der Waals surface area contributed by atoms with E-state index in [4.69, 9.17) is 0 Å². The zero-order chi connectivity index (χ0) is 24.5. The topological polar surface area (TPSA) is 52.6 Å². The first-order valence-corrected chi connectivity index (χ1v) is 8.37. The molecule has 0 atom stereocenters. The summed E-state index contributed by atoms with van der Waals surface area (Å²) < 4.78 is 126. The summed E-state index contributed by atoms with van der Waals surface area (Å²) >= 11 is 0. The number of hydrogen-bond acceptors (Lipinski definition) is 4. The normalized spacial score (nSPS) is 12.4. The molecule has 0 aliphatic heterocycles. The number of benzene rings is 2. The van der Waals surface area contributed by atoms with E-state index in [1.165, 1.54) is 0 Å². The molecule has 0 bridgehead atoms. The Hall–Kier alpha value is -3.25. The van der Waals surface area contributed by atoms with E-state index in [0.29, 0.717) is 12.1 Å². The Kier molecular flexibility index (Phi) is 6.81. The van der Waals surface area contributed by atoms with Gasteiger partial charge in [-0.25, -0.2) is 0 Å². The molecule has 4 nitrogen and oxygen atoms in total. The van der Waals surface area contributed by atoms with E-state index in [0.717, 1.165) is 25.1 Å². The van der Waals surface area contributed by atoms with Gasteiger partial charge in [-0.2, -0.15) is 39.5 Å². The van der Waals surface area contributed by atoms with Crippen LogP contribution < -0.4 is 9.47 Å². The Balaban J connectivity index is 2.25. The molecule has 2 aromatic carbocycles. The number of alkyl halides is 9. The van der Waals surface area contributed by atoms with Crippen LogP contribution in [0, 0.1) is 6.92 Å². The Morgan fingerprint density at radius 2 is 1.12 bits per heavy atom. The van der Waals surface area contributed by atoms with Crippen LogP contribution in [-0.4, -0.2) is 11.9 Å². The number of rotatable bonds is 4. The monoisotopic (exact) mass is 474 g/mol. The number of halogens is 9. The van der Waals surface area contributed by atoms with Crippen molar-refractivity contribution in [3.8, 4) is 11.5 Å². The van der Waals surface area contributed by atoms with Crippen LogP contribution >= 0.6 is 0 Å². The molecule has 0 aromatic heterocycles. The van der Waals surface area contributed by atoms with Crippen LogP contribution in [0.3, 0.4) is 0 Å². The lowest BCUT2D eigenvalue weighted by Crippen LogP contribution is -2.22. The molecule has 0 unspecified atom stereocenters. The summed E-state index contributed by atoms with van der Waals surface area (Å²) in [6, 6.07) is 4.04. The molecular formula is C19H11F9O4. The predicted octanol–water partition coefficient (Wildman–Crippen LogP) is 5.95. The van der Waals surface area contributed by atoms with Gasteiger partial charge < -0.3 is 9.47 Å². The van der Waals surface area contributed by atoms with Gasteiger partial charge in [0, 0.05) is 0 Å². The Morgan fingerprint density at radius 3 is 1.56 bits per heavy atom. The van der Waals surface area contributed by atoms with Crippen LogP contribution in [0.1, 0.15) is 28.7 Å². The molecule has 32 heavy (non-hydrogen) atoms. The van der Waals surface area contributed by atoms with E-state index in [1.807, 2.05) is 0 Å². The quantitative estimate of drug-likeness (QED) is 0.238. The molecule has 0 spiro atoms. The summed E-state index contributed by atoms with van der Waals surface area (Å²) in [5, 5.41) is 0. The molecule has 0 heterocycles. The van der Waals surface area contributed by atoms with Crippen molar-refractivity contribution in [2.24, 2.45) is 0 Å². The maximum Gasteiger partial charge on any atom is 0.420 e. The summed E-state index contributed by atoms with van der Waals surface area (Å²) in [5.41, 5.74) is -6.07. The number of carbonyl (C=O) groups excluding carboxylic acids is 2. The van der Waals surface area contributed by atoms with Crippen molar-refractivity contribution < 1.29 is 58.6 Å². The third-order valence-electron chi connectivity index (χ3n) is 3.87. The highest BCUT2D eigenvalue weighted by molar-refractivity contribution is 5.93. The molecule has 0 saturated carbocycles. The number of hydrogen-bond donors (Lipinski definition) is 0.